The molecule has 0 fully saturated rings. The lowest BCUT2D eigenvalue weighted by Crippen LogP contribution is -2.46. The van der Waals surface area contributed by atoms with Crippen molar-refractivity contribution in [1.29, 1.82) is 0 Å². The molecule has 6 nitrogen and oxygen atoms in total. The summed E-state index contributed by atoms with van der Waals surface area (Å²) < 4.78 is 25.5. The van der Waals surface area contributed by atoms with Gasteiger partial charge in [-0.2, -0.15) is 4.57 Å². The lowest BCUT2D eigenvalue weighted by molar-refractivity contribution is -0.693. The van der Waals surface area contributed by atoms with Crippen molar-refractivity contribution >= 4 is 16.6 Å². The lowest BCUT2D eigenvalue weighted by atomic mass is 9.84. The molecular weight excluding hydrogens is 502 g/mol. The molecular formula is C34H36NO5+. The first-order chi connectivity index (χ1) is 19.2. The van der Waals surface area contributed by atoms with Gasteiger partial charge >= 0.3 is 0 Å². The van der Waals surface area contributed by atoms with Gasteiger partial charge in [0.1, 0.15) is 5.78 Å². The summed E-state index contributed by atoms with van der Waals surface area (Å²) in [4.78, 5) is 12.7. The second-order valence-corrected chi connectivity index (χ2v) is 11.8. The van der Waals surface area contributed by atoms with E-state index in [0.717, 1.165) is 58.6 Å². The molecule has 0 saturated carbocycles. The van der Waals surface area contributed by atoms with Crippen LogP contribution < -0.4 is 23.5 Å². The highest BCUT2D eigenvalue weighted by molar-refractivity contribution is 5.99. The number of methoxy groups -OCH3 is 2. The molecule has 0 bridgehead atoms. The molecule has 0 N–H and O–H groups in total. The minimum absolute atomic E-state index is 0.0832. The number of carbonyl (C=O) groups excluding carboxylic acids is 1. The Balaban J connectivity index is 1.67. The Bertz CT molecular complexity index is 1650. The number of carbonyl (C=O) groups is 1. The average Bonchev–Trinajstić information content (AvgIpc) is 3.39. The highest BCUT2D eigenvalue weighted by atomic mass is 16.7. The molecule has 40 heavy (non-hydrogen) atoms. The fourth-order valence-corrected chi connectivity index (χ4v) is 6.15. The third kappa shape index (κ3) is 4.36. The normalized spacial score (nSPS) is 13.7. The van der Waals surface area contributed by atoms with E-state index in [0.29, 0.717) is 17.9 Å². The number of nitrogens with zero attached hydrogens (tertiary/aromatic N) is 1. The molecule has 6 rings (SSSR count). The van der Waals surface area contributed by atoms with Crippen LogP contribution in [-0.2, 0) is 36.0 Å². The summed E-state index contributed by atoms with van der Waals surface area (Å²) >= 11 is 0. The molecule has 0 unspecified atom stereocenters. The van der Waals surface area contributed by atoms with Gasteiger partial charge in [0.2, 0.25) is 18.2 Å². The fraction of sp³-hybridized carbons (Fsp3) is 0.353. The van der Waals surface area contributed by atoms with Gasteiger partial charge in [-0.3, -0.25) is 4.79 Å². The number of pyridine rings is 1. The van der Waals surface area contributed by atoms with Crippen molar-refractivity contribution < 1.29 is 28.3 Å². The van der Waals surface area contributed by atoms with Crippen molar-refractivity contribution in [3.63, 3.8) is 0 Å². The van der Waals surface area contributed by atoms with E-state index >= 15 is 0 Å². The van der Waals surface area contributed by atoms with Gasteiger partial charge in [-0.25, -0.2) is 0 Å². The number of aromatic nitrogens is 1. The van der Waals surface area contributed by atoms with Gasteiger partial charge < -0.3 is 18.9 Å². The minimum atomic E-state index is 0.0832. The van der Waals surface area contributed by atoms with Gasteiger partial charge in [0, 0.05) is 23.8 Å². The quantitative estimate of drug-likeness (QED) is 0.277. The number of rotatable bonds is 6. The number of hydrogen-bond donors (Lipinski definition) is 0. The van der Waals surface area contributed by atoms with Gasteiger partial charge in [0.25, 0.3) is 0 Å². The Morgan fingerprint density at radius 3 is 2.35 bits per heavy atom. The van der Waals surface area contributed by atoms with Gasteiger partial charge in [-0.1, -0.05) is 45.0 Å². The van der Waals surface area contributed by atoms with Crippen LogP contribution in [0.3, 0.4) is 0 Å². The van der Waals surface area contributed by atoms with E-state index < -0.39 is 0 Å². The number of hydrogen-bond acceptors (Lipinski definition) is 5. The Morgan fingerprint density at radius 2 is 1.70 bits per heavy atom. The van der Waals surface area contributed by atoms with Gasteiger partial charge in [0.15, 0.2) is 29.5 Å². The molecule has 0 aliphatic carbocycles. The summed E-state index contributed by atoms with van der Waals surface area (Å²) in [6.45, 7) is 9.32. The van der Waals surface area contributed by atoms with Crippen molar-refractivity contribution in [3.8, 4) is 34.3 Å². The Kier molecular flexibility index (Phi) is 6.44. The number of benzene rings is 3. The number of ketones is 1. The summed E-state index contributed by atoms with van der Waals surface area (Å²) in [6.07, 6.45) is 1.85. The zero-order valence-electron chi connectivity index (χ0n) is 24.1. The maximum absolute atomic E-state index is 12.7. The summed E-state index contributed by atoms with van der Waals surface area (Å²) in [7, 11) is 3.32. The molecule has 206 valence electrons. The van der Waals surface area contributed by atoms with Gasteiger partial charge in [-0.15, -0.1) is 0 Å². The third-order valence-corrected chi connectivity index (χ3v) is 8.12. The van der Waals surface area contributed by atoms with Crippen LogP contribution in [0.2, 0.25) is 0 Å². The molecule has 0 atom stereocenters. The lowest BCUT2D eigenvalue weighted by Gasteiger charge is -2.24. The molecule has 4 aromatic rings. The van der Waals surface area contributed by atoms with Crippen LogP contribution in [0.25, 0.3) is 22.0 Å². The first kappa shape index (κ1) is 26.2. The standard InChI is InChI=1S/C34H36NO5/c1-20(36)15-27-31-24(11-12-28(37-5)33(31)38-6)26(16-21-7-9-23(10-8-21)34(2,3)4)32-25-18-30-29(39-19-40-30)17-22(25)13-14-35(27)32/h7-12,17-18H,13-16,19H2,1-6H3/q+1. The van der Waals surface area contributed by atoms with Crippen molar-refractivity contribution in [2.75, 3.05) is 21.0 Å². The van der Waals surface area contributed by atoms with E-state index in [1.54, 1.807) is 21.1 Å². The molecule has 2 aliphatic rings. The fourth-order valence-electron chi connectivity index (χ4n) is 6.15. The summed E-state index contributed by atoms with van der Waals surface area (Å²) in [6, 6.07) is 17.2. The molecule has 6 heteroatoms. The average molecular weight is 539 g/mol. The van der Waals surface area contributed by atoms with Crippen molar-refractivity contribution in [2.45, 2.75) is 58.9 Å². The van der Waals surface area contributed by atoms with E-state index in [2.05, 4.69) is 67.8 Å². The number of Topliss-reactive ketones (excluding diaryl/α,β-unsaturated/α-hetero) is 1. The van der Waals surface area contributed by atoms with E-state index in [9.17, 15) is 4.79 Å². The Morgan fingerprint density at radius 1 is 0.975 bits per heavy atom. The number of ether oxygens (including phenoxy) is 4. The van der Waals surface area contributed by atoms with Crippen LogP contribution >= 0.6 is 0 Å². The Hall–Kier alpha value is -4.06. The monoisotopic (exact) mass is 538 g/mol. The summed E-state index contributed by atoms with van der Waals surface area (Å²) in [5, 5.41) is 2.00. The van der Waals surface area contributed by atoms with Crippen LogP contribution in [0.4, 0.5) is 0 Å². The van der Waals surface area contributed by atoms with Gasteiger partial charge in [-0.05, 0) is 53.3 Å². The first-order valence-electron chi connectivity index (χ1n) is 13.8. The Labute approximate surface area is 235 Å². The maximum Gasteiger partial charge on any atom is 0.231 e. The van der Waals surface area contributed by atoms with E-state index in [-0.39, 0.29) is 18.0 Å². The number of fused-ring (bicyclic) bond motifs is 5. The smallest absolute Gasteiger partial charge is 0.231 e. The highest BCUT2D eigenvalue weighted by Gasteiger charge is 2.36. The SMILES string of the molecule is COc1ccc2c(Cc3ccc(C(C)(C)C)cc3)c3[n+](c(CC(C)=O)c2c1OC)CCc1cc2c(cc1-3)OCO2. The van der Waals surface area contributed by atoms with Crippen molar-refractivity contribution in [2.24, 2.45) is 0 Å². The van der Waals surface area contributed by atoms with Crippen LogP contribution in [0.5, 0.6) is 23.0 Å². The molecule has 0 amide bonds. The van der Waals surface area contributed by atoms with Crippen LogP contribution in [-0.4, -0.2) is 26.8 Å². The molecule has 0 spiro atoms. The second-order valence-electron chi connectivity index (χ2n) is 11.8. The topological polar surface area (TPSA) is 57.9 Å². The minimum Gasteiger partial charge on any atom is -0.493 e. The van der Waals surface area contributed by atoms with Gasteiger partial charge in [0.05, 0.1) is 31.6 Å². The molecule has 0 saturated heterocycles. The van der Waals surface area contributed by atoms with E-state index in [1.807, 2.05) is 6.07 Å². The zero-order valence-corrected chi connectivity index (χ0v) is 24.1. The molecule has 3 aromatic carbocycles. The van der Waals surface area contributed by atoms with Crippen LogP contribution in [0, 0.1) is 0 Å². The molecule has 0 radical (unpaired) electrons. The second kappa shape index (κ2) is 9.84. The number of aryl methyl sites for hydroxylation is 1. The van der Waals surface area contributed by atoms with Crippen LogP contribution in [0.1, 0.15) is 55.6 Å². The van der Waals surface area contributed by atoms with Crippen LogP contribution in [0.15, 0.2) is 48.5 Å². The van der Waals surface area contributed by atoms with E-state index in [1.165, 1.54) is 22.3 Å². The van der Waals surface area contributed by atoms with E-state index in [4.69, 9.17) is 18.9 Å². The predicted molar refractivity (Wildman–Crippen MR) is 155 cm³/mol. The van der Waals surface area contributed by atoms with Crippen molar-refractivity contribution in [3.05, 3.63) is 76.5 Å². The summed E-state index contributed by atoms with van der Waals surface area (Å²) in [5.41, 5.74) is 8.21. The molecule has 3 heterocycles. The zero-order chi connectivity index (χ0) is 28.2. The molecule has 2 aliphatic heterocycles. The largest absolute Gasteiger partial charge is 0.493 e. The maximum atomic E-state index is 12.7. The summed E-state index contributed by atoms with van der Waals surface area (Å²) in [5.74, 6) is 2.96. The van der Waals surface area contributed by atoms with Crippen molar-refractivity contribution in [1.82, 2.24) is 0 Å². The molecule has 1 aromatic heterocycles. The highest BCUT2D eigenvalue weighted by Crippen LogP contribution is 2.45. The first-order valence-corrected chi connectivity index (χ1v) is 13.8. The third-order valence-electron chi connectivity index (χ3n) is 8.12. The predicted octanol–water partition coefficient (Wildman–Crippen LogP) is 6.12.